The van der Waals surface area contributed by atoms with Crippen molar-refractivity contribution in [1.82, 2.24) is 0 Å². The number of nitrogens with zero attached hydrogens (tertiary/aromatic N) is 1. The third kappa shape index (κ3) is 4.11. The summed E-state index contributed by atoms with van der Waals surface area (Å²) in [5, 5.41) is 2.92. The standard InChI is InChI=1S/C30H29BrN2O6/c1-5-38-26(35)24-23-21(15-29(3,4)16-22(23)34)33(18-13-11-17(31)12-14-18)30(25(24)27(36)39-6-2)19-9-7-8-10-20(19)32-28(30)37/h7-14H,5-6,15-16H2,1-4H3,(H,32,37). The predicted molar refractivity (Wildman–Crippen MR) is 149 cm³/mol. The van der Waals surface area contributed by atoms with Crippen molar-refractivity contribution < 1.29 is 28.7 Å². The SMILES string of the molecule is CCOC(=O)C1=C(C(=O)OCC)C2(C(=O)Nc3ccccc32)N(c2ccc(Br)cc2)C2=C1C(=O)CC(C)(C)C2. The van der Waals surface area contributed by atoms with Crippen LogP contribution in [0.15, 0.2) is 75.4 Å². The summed E-state index contributed by atoms with van der Waals surface area (Å²) >= 11 is 3.47. The first kappa shape index (κ1) is 26.9. The number of esters is 2. The van der Waals surface area contributed by atoms with Crippen LogP contribution in [0, 0.1) is 5.41 Å². The van der Waals surface area contributed by atoms with Crippen LogP contribution < -0.4 is 10.2 Å². The number of Topliss-reactive ketones (excluding diaryl/α,β-unsaturated/α-hetero) is 1. The van der Waals surface area contributed by atoms with E-state index in [1.54, 1.807) is 43.0 Å². The van der Waals surface area contributed by atoms with E-state index in [1.165, 1.54) is 0 Å². The van der Waals surface area contributed by atoms with Crippen molar-refractivity contribution in [2.24, 2.45) is 5.41 Å². The van der Waals surface area contributed by atoms with Crippen LogP contribution in [0.1, 0.15) is 46.1 Å². The van der Waals surface area contributed by atoms with Crippen molar-refractivity contribution in [2.75, 3.05) is 23.4 Å². The van der Waals surface area contributed by atoms with Gasteiger partial charge in [0.05, 0.1) is 29.9 Å². The highest BCUT2D eigenvalue weighted by Crippen LogP contribution is 2.57. The van der Waals surface area contributed by atoms with E-state index in [2.05, 4.69) is 21.2 Å². The van der Waals surface area contributed by atoms with Gasteiger partial charge in [-0.25, -0.2) is 9.59 Å². The minimum atomic E-state index is -1.83. The number of fused-ring (bicyclic) bond motifs is 2. The van der Waals surface area contributed by atoms with E-state index in [0.29, 0.717) is 29.1 Å². The van der Waals surface area contributed by atoms with Crippen LogP contribution in [0.3, 0.4) is 0 Å². The Morgan fingerprint density at radius 3 is 2.26 bits per heavy atom. The fraction of sp³-hybridized carbons (Fsp3) is 0.333. The predicted octanol–water partition coefficient (Wildman–Crippen LogP) is 5.18. The summed E-state index contributed by atoms with van der Waals surface area (Å²) < 4.78 is 11.7. The maximum Gasteiger partial charge on any atom is 0.339 e. The Morgan fingerprint density at radius 1 is 0.949 bits per heavy atom. The van der Waals surface area contributed by atoms with Gasteiger partial charge in [0.2, 0.25) is 0 Å². The van der Waals surface area contributed by atoms with Crippen LogP contribution in [-0.4, -0.2) is 36.8 Å². The fourth-order valence-corrected chi connectivity index (χ4v) is 6.16. The highest BCUT2D eigenvalue weighted by atomic mass is 79.9. The average molecular weight is 593 g/mol. The Balaban J connectivity index is 1.99. The third-order valence-electron chi connectivity index (χ3n) is 7.26. The number of carbonyl (C=O) groups excluding carboxylic acids is 4. The fourth-order valence-electron chi connectivity index (χ4n) is 5.90. The van der Waals surface area contributed by atoms with Gasteiger partial charge >= 0.3 is 11.9 Å². The minimum Gasteiger partial charge on any atom is -0.463 e. The summed E-state index contributed by atoms with van der Waals surface area (Å²) in [6, 6.07) is 14.3. The topological polar surface area (TPSA) is 102 Å². The molecule has 0 saturated heterocycles. The smallest absolute Gasteiger partial charge is 0.339 e. The number of halogens is 1. The molecule has 2 heterocycles. The zero-order valence-electron chi connectivity index (χ0n) is 22.2. The second kappa shape index (κ2) is 9.79. The average Bonchev–Trinajstić information content (AvgIpc) is 3.15. The first-order valence-corrected chi connectivity index (χ1v) is 13.7. The lowest BCUT2D eigenvalue weighted by Crippen LogP contribution is -2.58. The van der Waals surface area contributed by atoms with Crippen LogP contribution >= 0.6 is 15.9 Å². The first-order chi connectivity index (χ1) is 18.6. The highest BCUT2D eigenvalue weighted by molar-refractivity contribution is 9.10. The molecule has 1 atom stereocenters. The molecule has 0 fully saturated rings. The number of hydrogen-bond acceptors (Lipinski definition) is 7. The van der Waals surface area contributed by atoms with E-state index in [0.717, 1.165) is 4.47 Å². The van der Waals surface area contributed by atoms with Gasteiger partial charge in [-0.3, -0.25) is 9.59 Å². The second-order valence-electron chi connectivity index (χ2n) is 10.5. The van der Waals surface area contributed by atoms with Crippen molar-refractivity contribution in [3.05, 3.63) is 81.0 Å². The molecule has 39 heavy (non-hydrogen) atoms. The molecular formula is C30H29BrN2O6. The van der Waals surface area contributed by atoms with Gasteiger partial charge in [0.25, 0.3) is 5.91 Å². The Kier molecular flexibility index (Phi) is 6.74. The maximum absolute atomic E-state index is 14.4. The maximum atomic E-state index is 14.4. The first-order valence-electron chi connectivity index (χ1n) is 12.9. The van der Waals surface area contributed by atoms with E-state index in [-0.39, 0.29) is 42.1 Å². The zero-order chi connectivity index (χ0) is 28.1. The molecule has 0 bridgehead atoms. The Labute approximate surface area is 235 Å². The number of carbonyl (C=O) groups is 4. The molecule has 2 aromatic rings. The van der Waals surface area contributed by atoms with Crippen molar-refractivity contribution >= 4 is 50.9 Å². The zero-order valence-corrected chi connectivity index (χ0v) is 23.8. The van der Waals surface area contributed by atoms with Gasteiger partial charge < -0.3 is 19.7 Å². The van der Waals surface area contributed by atoms with Crippen LogP contribution in [0.4, 0.5) is 11.4 Å². The molecule has 0 aromatic heterocycles. The lowest BCUT2D eigenvalue weighted by Gasteiger charge is -2.50. The molecule has 2 aliphatic heterocycles. The lowest BCUT2D eigenvalue weighted by molar-refractivity contribution is -0.143. The minimum absolute atomic E-state index is 0.00293. The summed E-state index contributed by atoms with van der Waals surface area (Å²) in [4.78, 5) is 57.6. The summed E-state index contributed by atoms with van der Waals surface area (Å²) in [5.41, 5.74) is -0.585. The summed E-state index contributed by atoms with van der Waals surface area (Å²) in [5.74, 6) is -2.53. The molecule has 0 saturated carbocycles. The van der Waals surface area contributed by atoms with Crippen molar-refractivity contribution in [2.45, 2.75) is 46.1 Å². The van der Waals surface area contributed by atoms with Gasteiger partial charge in [-0.2, -0.15) is 0 Å². The molecule has 1 unspecified atom stereocenters. The van der Waals surface area contributed by atoms with E-state index in [9.17, 15) is 19.2 Å². The van der Waals surface area contributed by atoms with E-state index < -0.39 is 28.8 Å². The molecule has 1 amide bonds. The molecule has 5 rings (SSSR count). The molecule has 9 heteroatoms. The Bertz CT molecular complexity index is 1470. The number of amides is 1. The molecule has 1 N–H and O–H groups in total. The van der Waals surface area contributed by atoms with Gasteiger partial charge in [0, 0.05) is 33.5 Å². The number of rotatable bonds is 5. The number of anilines is 2. The summed E-state index contributed by atoms with van der Waals surface area (Å²) in [6.07, 6.45) is 0.537. The van der Waals surface area contributed by atoms with Gasteiger partial charge in [-0.05, 0) is 56.0 Å². The van der Waals surface area contributed by atoms with Crippen LogP contribution in [-0.2, 0) is 34.2 Å². The molecule has 202 valence electrons. The van der Waals surface area contributed by atoms with E-state index in [4.69, 9.17) is 9.47 Å². The van der Waals surface area contributed by atoms with E-state index in [1.807, 2.05) is 38.1 Å². The van der Waals surface area contributed by atoms with Crippen LogP contribution in [0.2, 0.25) is 0 Å². The molecule has 2 aromatic carbocycles. The third-order valence-corrected chi connectivity index (χ3v) is 7.79. The van der Waals surface area contributed by atoms with Crippen LogP contribution in [0.25, 0.3) is 0 Å². The summed E-state index contributed by atoms with van der Waals surface area (Å²) in [7, 11) is 0. The number of nitrogens with one attached hydrogen (secondary N) is 1. The number of allylic oxidation sites excluding steroid dienone is 1. The number of hydrogen-bond donors (Lipinski definition) is 1. The molecule has 8 nitrogen and oxygen atoms in total. The molecule has 0 radical (unpaired) electrons. The molecule has 1 aliphatic carbocycles. The van der Waals surface area contributed by atoms with E-state index >= 15 is 0 Å². The quantitative estimate of drug-likeness (QED) is 0.477. The van der Waals surface area contributed by atoms with Gasteiger partial charge in [-0.1, -0.05) is 48.0 Å². The second-order valence-corrected chi connectivity index (χ2v) is 11.4. The Hall–Kier alpha value is -3.72. The lowest BCUT2D eigenvalue weighted by atomic mass is 9.66. The number of para-hydroxylation sites is 1. The summed E-state index contributed by atoms with van der Waals surface area (Å²) in [6.45, 7) is 7.26. The molecular weight excluding hydrogens is 564 g/mol. The Morgan fingerprint density at radius 2 is 1.59 bits per heavy atom. The van der Waals surface area contributed by atoms with Gasteiger partial charge in [0.1, 0.15) is 0 Å². The van der Waals surface area contributed by atoms with Crippen molar-refractivity contribution in [1.29, 1.82) is 0 Å². The normalized spacial score (nSPS) is 21.5. The van der Waals surface area contributed by atoms with Crippen LogP contribution in [0.5, 0.6) is 0 Å². The number of ketones is 1. The van der Waals surface area contributed by atoms with Gasteiger partial charge in [-0.15, -0.1) is 0 Å². The number of benzene rings is 2. The highest BCUT2D eigenvalue weighted by Gasteiger charge is 2.63. The van der Waals surface area contributed by atoms with Crippen molar-refractivity contribution in [3.63, 3.8) is 0 Å². The largest absolute Gasteiger partial charge is 0.463 e. The molecule has 3 aliphatic rings. The van der Waals surface area contributed by atoms with Gasteiger partial charge in [0.15, 0.2) is 11.3 Å². The number of ether oxygens (including phenoxy) is 2. The van der Waals surface area contributed by atoms with Crippen molar-refractivity contribution in [3.8, 4) is 0 Å². The molecule has 1 spiro atoms. The monoisotopic (exact) mass is 592 g/mol.